The van der Waals surface area contributed by atoms with Crippen molar-refractivity contribution in [2.45, 2.75) is 28.3 Å². The van der Waals surface area contributed by atoms with E-state index in [0.717, 1.165) is 24.3 Å². The second kappa shape index (κ2) is 8.01. The van der Waals surface area contributed by atoms with Gasteiger partial charge in [-0.3, -0.25) is 4.79 Å². The minimum absolute atomic E-state index is 0.00648. The van der Waals surface area contributed by atoms with Crippen LogP contribution in [-0.4, -0.2) is 25.4 Å². The monoisotopic (exact) mass is 616 g/mol. The summed E-state index contributed by atoms with van der Waals surface area (Å²) in [6.07, 6.45) is -8.71. The highest BCUT2D eigenvalue weighted by Crippen LogP contribution is 2.58. The third-order valence-electron chi connectivity index (χ3n) is 4.42. The fraction of sp³-hybridized carbons (Fsp3) is 0.353. The Hall–Kier alpha value is -0.630. The van der Waals surface area contributed by atoms with Crippen LogP contribution in [0.2, 0.25) is 0 Å². The van der Waals surface area contributed by atoms with Crippen molar-refractivity contribution in [2.75, 3.05) is 0 Å². The van der Waals surface area contributed by atoms with Gasteiger partial charge in [0.15, 0.2) is 5.41 Å². The third kappa shape index (κ3) is 4.21. The van der Waals surface area contributed by atoms with E-state index in [4.69, 9.17) is 0 Å². The van der Waals surface area contributed by atoms with Gasteiger partial charge in [-0.05, 0) is 40.1 Å². The van der Waals surface area contributed by atoms with Gasteiger partial charge >= 0.3 is 12.4 Å². The maximum absolute atomic E-state index is 14.0. The minimum atomic E-state index is -5.63. The molecule has 1 N–H and O–H groups in total. The number of allylic oxidation sites excluding steroid dienone is 2. The highest BCUT2D eigenvalue weighted by Gasteiger charge is 2.74. The lowest BCUT2D eigenvalue weighted by atomic mass is 9.66. The first kappa shape index (κ1) is 22.7. The van der Waals surface area contributed by atoms with Crippen molar-refractivity contribution >= 4 is 49.0 Å². The standard InChI is InChI=1S/C17H12F6I2O2/c18-16(19,20)15(17(21,22)23,11-5-1-9(2-6-11)13(24)26)12-7-3-10(4-8-12)14(25)27/h1-7,12,14,27H,8H2. The molecule has 1 aromatic carbocycles. The molecule has 10 heteroatoms. The topological polar surface area (TPSA) is 37.3 Å². The second-order valence-corrected chi connectivity index (χ2v) is 8.06. The number of hydrogen-bond donors (Lipinski definition) is 1. The molecule has 1 aliphatic rings. The predicted molar refractivity (Wildman–Crippen MR) is 104 cm³/mol. The van der Waals surface area contributed by atoms with E-state index < -0.39 is 43.6 Å². The third-order valence-corrected chi connectivity index (χ3v) is 5.76. The molecule has 0 saturated heterocycles. The van der Waals surface area contributed by atoms with Crippen LogP contribution < -0.4 is 0 Å². The number of rotatable bonds is 4. The SMILES string of the molecule is O=C(I)c1ccc(C(C2C=CC(C(O)I)=CC2)(C(F)(F)F)C(F)(F)F)cc1. The molecule has 0 aromatic heterocycles. The molecular formula is C17H12F6I2O2. The van der Waals surface area contributed by atoms with E-state index in [1.807, 2.05) is 0 Å². The second-order valence-electron chi connectivity index (χ2n) is 5.90. The molecule has 2 unspecified atom stereocenters. The van der Waals surface area contributed by atoms with Gasteiger partial charge in [-0.2, -0.15) is 26.3 Å². The summed E-state index contributed by atoms with van der Waals surface area (Å²) in [6.45, 7) is 0. The van der Waals surface area contributed by atoms with Crippen LogP contribution in [0.15, 0.2) is 48.1 Å². The van der Waals surface area contributed by atoms with Crippen molar-refractivity contribution < 1.29 is 36.2 Å². The number of halogens is 8. The smallest absolute Gasteiger partial charge is 0.378 e. The molecule has 0 radical (unpaired) electrons. The lowest BCUT2D eigenvalue weighted by molar-refractivity contribution is -0.314. The summed E-state index contributed by atoms with van der Waals surface area (Å²) in [5.41, 5.74) is -4.87. The Balaban J connectivity index is 2.66. The average Bonchev–Trinajstić information content (AvgIpc) is 2.53. The molecule has 2 nitrogen and oxygen atoms in total. The lowest BCUT2D eigenvalue weighted by Gasteiger charge is -2.43. The molecule has 148 valence electrons. The fourth-order valence-electron chi connectivity index (χ4n) is 3.12. The zero-order valence-electron chi connectivity index (χ0n) is 13.3. The molecule has 0 aliphatic heterocycles. The first-order valence-electron chi connectivity index (χ1n) is 7.46. The van der Waals surface area contributed by atoms with Crippen LogP contribution in [0.1, 0.15) is 22.3 Å². The Kier molecular flexibility index (Phi) is 6.72. The Morgan fingerprint density at radius 3 is 1.93 bits per heavy atom. The summed E-state index contributed by atoms with van der Waals surface area (Å²) in [7, 11) is 0. The van der Waals surface area contributed by atoms with E-state index in [9.17, 15) is 36.2 Å². The van der Waals surface area contributed by atoms with Crippen molar-refractivity contribution in [1.82, 2.24) is 0 Å². The highest BCUT2D eigenvalue weighted by atomic mass is 127. The molecule has 2 atom stereocenters. The van der Waals surface area contributed by atoms with E-state index in [2.05, 4.69) is 0 Å². The first-order valence-corrected chi connectivity index (χ1v) is 9.79. The van der Waals surface area contributed by atoms with Gasteiger partial charge in [0.2, 0.25) is 3.79 Å². The van der Waals surface area contributed by atoms with Crippen LogP contribution in [0.5, 0.6) is 0 Å². The number of benzene rings is 1. The fourth-order valence-corrected chi connectivity index (χ4v) is 3.94. The summed E-state index contributed by atoms with van der Waals surface area (Å²) in [4.78, 5) is 11.3. The molecule has 27 heavy (non-hydrogen) atoms. The molecule has 0 saturated carbocycles. The number of alkyl halides is 7. The van der Waals surface area contributed by atoms with Crippen molar-refractivity contribution in [3.63, 3.8) is 0 Å². The van der Waals surface area contributed by atoms with E-state index in [1.165, 1.54) is 28.7 Å². The largest absolute Gasteiger partial charge is 0.407 e. The van der Waals surface area contributed by atoms with Crippen LogP contribution in [-0.2, 0) is 5.41 Å². The Labute approximate surface area is 178 Å². The maximum Gasteiger partial charge on any atom is 0.407 e. The highest BCUT2D eigenvalue weighted by molar-refractivity contribution is 14.1. The number of hydrogen-bond acceptors (Lipinski definition) is 2. The number of carbonyl (C=O) groups excluding carboxylic acids is 1. The van der Waals surface area contributed by atoms with Gasteiger partial charge in [-0.25, -0.2) is 0 Å². The van der Waals surface area contributed by atoms with E-state index in [-0.39, 0.29) is 11.1 Å². The number of carbonyl (C=O) groups is 1. The van der Waals surface area contributed by atoms with Gasteiger partial charge in [0.25, 0.3) is 0 Å². The van der Waals surface area contributed by atoms with Crippen LogP contribution in [0.3, 0.4) is 0 Å². The minimum Gasteiger partial charge on any atom is -0.378 e. The molecular weight excluding hydrogens is 604 g/mol. The number of aliphatic hydroxyl groups excluding tert-OH is 1. The summed E-state index contributed by atoms with van der Waals surface area (Å²) in [5, 5.41) is 9.48. The Morgan fingerprint density at radius 2 is 1.59 bits per heavy atom. The van der Waals surface area contributed by atoms with Gasteiger partial charge in [-0.15, -0.1) is 0 Å². The van der Waals surface area contributed by atoms with E-state index in [0.29, 0.717) is 12.1 Å². The summed E-state index contributed by atoms with van der Waals surface area (Å²) in [5.74, 6) is -1.95. The zero-order valence-corrected chi connectivity index (χ0v) is 17.6. The molecule has 0 amide bonds. The van der Waals surface area contributed by atoms with E-state index in [1.54, 1.807) is 22.6 Å². The first-order chi connectivity index (χ1) is 12.3. The van der Waals surface area contributed by atoms with Crippen molar-refractivity contribution in [1.29, 1.82) is 0 Å². The van der Waals surface area contributed by atoms with Crippen molar-refractivity contribution in [3.05, 3.63) is 59.2 Å². The van der Waals surface area contributed by atoms with Crippen LogP contribution >= 0.6 is 45.2 Å². The average molecular weight is 616 g/mol. The molecule has 2 rings (SSSR count). The zero-order chi connectivity index (χ0) is 20.6. The van der Waals surface area contributed by atoms with Gasteiger partial charge < -0.3 is 5.11 Å². The molecule has 0 bridgehead atoms. The molecule has 0 heterocycles. The van der Waals surface area contributed by atoms with Crippen LogP contribution in [0.4, 0.5) is 26.3 Å². The van der Waals surface area contributed by atoms with Gasteiger partial charge in [0.05, 0.1) is 0 Å². The van der Waals surface area contributed by atoms with Crippen molar-refractivity contribution in [2.24, 2.45) is 5.92 Å². The quantitative estimate of drug-likeness (QED) is 0.199. The summed E-state index contributed by atoms with van der Waals surface area (Å²) < 4.78 is 82.3. The Bertz CT molecular complexity index is 749. The van der Waals surface area contributed by atoms with Crippen LogP contribution in [0.25, 0.3) is 0 Å². The number of aliphatic hydroxyl groups is 1. The summed E-state index contributed by atoms with van der Waals surface area (Å²) >= 11 is 3.00. The van der Waals surface area contributed by atoms with Gasteiger partial charge in [0.1, 0.15) is 4.11 Å². The van der Waals surface area contributed by atoms with Gasteiger partial charge in [0, 0.05) is 34.1 Å². The molecule has 1 aliphatic carbocycles. The maximum atomic E-state index is 14.0. The molecule has 0 spiro atoms. The van der Waals surface area contributed by atoms with Crippen molar-refractivity contribution in [3.8, 4) is 0 Å². The normalized spacial score (nSPS) is 19.6. The molecule has 1 aromatic rings. The summed E-state index contributed by atoms with van der Waals surface area (Å²) in [6, 6.07) is 3.32. The van der Waals surface area contributed by atoms with Gasteiger partial charge in [-0.1, -0.05) is 42.5 Å². The molecule has 0 fully saturated rings. The van der Waals surface area contributed by atoms with Crippen LogP contribution in [0, 0.1) is 5.92 Å². The predicted octanol–water partition coefficient (Wildman–Crippen LogP) is 5.88. The Morgan fingerprint density at radius 1 is 1.07 bits per heavy atom. The van der Waals surface area contributed by atoms with E-state index >= 15 is 0 Å². The lowest BCUT2D eigenvalue weighted by Crippen LogP contribution is -2.58.